The molecule has 0 bridgehead atoms. The van der Waals surface area contributed by atoms with E-state index in [-0.39, 0.29) is 18.1 Å². The molecule has 1 aromatic heterocycles. The van der Waals surface area contributed by atoms with Crippen LogP contribution in [0.15, 0.2) is 35.7 Å². The van der Waals surface area contributed by atoms with E-state index in [4.69, 9.17) is 9.47 Å². The monoisotopic (exact) mass is 428 g/mol. The molecule has 30 heavy (non-hydrogen) atoms. The predicted molar refractivity (Wildman–Crippen MR) is 121 cm³/mol. The van der Waals surface area contributed by atoms with E-state index in [0.29, 0.717) is 11.3 Å². The van der Waals surface area contributed by atoms with Crippen LogP contribution in [0.1, 0.15) is 66.7 Å². The number of benzene rings is 1. The summed E-state index contributed by atoms with van der Waals surface area (Å²) < 4.78 is 11.8. The van der Waals surface area contributed by atoms with Crippen LogP contribution in [0.4, 0.5) is 0 Å². The number of methoxy groups -OCH3 is 1. The minimum atomic E-state index is -0.106. The molecule has 1 saturated carbocycles. The van der Waals surface area contributed by atoms with Crippen LogP contribution in [0.3, 0.4) is 0 Å². The molecule has 6 heteroatoms. The quantitative estimate of drug-likeness (QED) is 0.672. The zero-order valence-corrected chi connectivity index (χ0v) is 18.7. The van der Waals surface area contributed by atoms with Crippen LogP contribution < -0.4 is 14.8 Å². The summed E-state index contributed by atoms with van der Waals surface area (Å²) in [6.45, 7) is 4.22. The van der Waals surface area contributed by atoms with Crippen molar-refractivity contribution in [3.05, 3.63) is 46.2 Å². The summed E-state index contributed by atoms with van der Waals surface area (Å²) in [7, 11) is 1.63. The molecule has 2 aromatic rings. The zero-order chi connectivity index (χ0) is 20.9. The van der Waals surface area contributed by atoms with E-state index in [1.807, 2.05) is 36.6 Å². The Morgan fingerprint density at radius 2 is 1.90 bits per heavy atom. The molecule has 2 fully saturated rings. The average Bonchev–Trinajstić information content (AvgIpc) is 3.49. The molecular formula is C24H32N2O3S. The van der Waals surface area contributed by atoms with E-state index >= 15 is 0 Å². The Kier molecular flexibility index (Phi) is 6.95. The van der Waals surface area contributed by atoms with Gasteiger partial charge in [0.15, 0.2) is 11.5 Å². The van der Waals surface area contributed by atoms with Gasteiger partial charge in [0.05, 0.1) is 13.2 Å². The number of ether oxygens (including phenoxy) is 2. The van der Waals surface area contributed by atoms with Crippen molar-refractivity contribution < 1.29 is 14.3 Å². The van der Waals surface area contributed by atoms with Crippen molar-refractivity contribution in [3.8, 4) is 11.5 Å². The van der Waals surface area contributed by atoms with Crippen molar-refractivity contribution in [3.63, 3.8) is 0 Å². The van der Waals surface area contributed by atoms with Gasteiger partial charge >= 0.3 is 0 Å². The van der Waals surface area contributed by atoms with E-state index in [9.17, 15) is 4.79 Å². The Bertz CT molecular complexity index is 825. The number of hydrogen-bond donors (Lipinski definition) is 1. The standard InChI is InChI=1S/C24H32N2O3S/c1-17(23-8-5-15-30-23)25-24(27)18-9-10-21(22(16-18)28-2)29-20-11-13-26(14-12-20)19-6-3-4-7-19/h5,8-10,15-17,19-20H,3-4,6-7,11-14H2,1-2H3,(H,25,27)/t17-/m0/s1. The molecule has 5 nitrogen and oxygen atoms in total. The van der Waals surface area contributed by atoms with Crippen molar-refractivity contribution >= 4 is 17.2 Å². The number of rotatable bonds is 7. The number of amides is 1. The molecule has 1 aliphatic heterocycles. The van der Waals surface area contributed by atoms with Crippen molar-refractivity contribution in [2.75, 3.05) is 20.2 Å². The molecule has 2 heterocycles. The number of hydrogen-bond acceptors (Lipinski definition) is 5. The molecule has 2 aliphatic rings. The van der Waals surface area contributed by atoms with Crippen LogP contribution in [0.5, 0.6) is 11.5 Å². The van der Waals surface area contributed by atoms with E-state index in [1.165, 1.54) is 25.7 Å². The molecule has 0 spiro atoms. The minimum Gasteiger partial charge on any atom is -0.493 e. The van der Waals surface area contributed by atoms with E-state index in [0.717, 1.165) is 42.6 Å². The first-order chi connectivity index (χ1) is 14.6. The van der Waals surface area contributed by atoms with Gasteiger partial charge in [-0.15, -0.1) is 11.3 Å². The zero-order valence-electron chi connectivity index (χ0n) is 17.9. The fourth-order valence-corrected chi connectivity index (χ4v) is 5.34. The van der Waals surface area contributed by atoms with Crippen LogP contribution in [0, 0.1) is 0 Å². The van der Waals surface area contributed by atoms with Gasteiger partial charge in [-0.05, 0) is 62.3 Å². The van der Waals surface area contributed by atoms with Gasteiger partial charge in [0.1, 0.15) is 6.10 Å². The summed E-state index contributed by atoms with van der Waals surface area (Å²) in [4.78, 5) is 16.5. The van der Waals surface area contributed by atoms with E-state index < -0.39 is 0 Å². The minimum absolute atomic E-state index is 0.0236. The Labute approximate surface area is 183 Å². The molecule has 1 saturated heterocycles. The number of carbonyl (C=O) groups is 1. The maximum atomic E-state index is 12.7. The lowest BCUT2D eigenvalue weighted by molar-refractivity contribution is 0.0750. The summed E-state index contributed by atoms with van der Waals surface area (Å²) in [6.07, 6.45) is 7.76. The van der Waals surface area contributed by atoms with Crippen molar-refractivity contribution in [1.29, 1.82) is 0 Å². The lowest BCUT2D eigenvalue weighted by atomic mass is 10.0. The maximum Gasteiger partial charge on any atom is 0.251 e. The Hall–Kier alpha value is -2.05. The third kappa shape index (κ3) is 4.98. The number of thiophene rings is 1. The third-order valence-electron chi connectivity index (χ3n) is 6.35. The molecule has 0 unspecified atom stereocenters. The van der Waals surface area contributed by atoms with Crippen molar-refractivity contribution in [2.45, 2.75) is 63.6 Å². The lowest BCUT2D eigenvalue weighted by Crippen LogP contribution is -2.43. The average molecular weight is 429 g/mol. The fourth-order valence-electron chi connectivity index (χ4n) is 4.60. The van der Waals surface area contributed by atoms with Crippen molar-refractivity contribution in [1.82, 2.24) is 10.2 Å². The van der Waals surface area contributed by atoms with Crippen molar-refractivity contribution in [2.24, 2.45) is 0 Å². The summed E-state index contributed by atoms with van der Waals surface area (Å²) >= 11 is 1.64. The van der Waals surface area contributed by atoms with Gasteiger partial charge in [-0.3, -0.25) is 4.79 Å². The summed E-state index contributed by atoms with van der Waals surface area (Å²) in [5.74, 6) is 1.23. The molecule has 1 aliphatic carbocycles. The van der Waals surface area contributed by atoms with Gasteiger partial charge in [-0.25, -0.2) is 0 Å². The van der Waals surface area contributed by atoms with Gasteiger partial charge in [-0.2, -0.15) is 0 Å². The van der Waals surface area contributed by atoms with Crippen LogP contribution in [-0.4, -0.2) is 43.2 Å². The SMILES string of the molecule is COc1cc(C(=O)N[C@@H](C)c2cccs2)ccc1OC1CCN(C2CCCC2)CC1. The van der Waals surface area contributed by atoms with Gasteiger partial charge in [0, 0.05) is 29.6 Å². The first-order valence-corrected chi connectivity index (χ1v) is 11.9. The fraction of sp³-hybridized carbons (Fsp3) is 0.542. The normalized spacial score (nSPS) is 19.5. The number of carbonyl (C=O) groups excluding carboxylic acids is 1. The number of nitrogens with zero attached hydrogens (tertiary/aromatic N) is 1. The summed E-state index contributed by atoms with van der Waals surface area (Å²) in [5.41, 5.74) is 0.582. The first kappa shape index (κ1) is 21.2. The molecule has 1 aromatic carbocycles. The van der Waals surface area contributed by atoms with Crippen LogP contribution in [0.2, 0.25) is 0 Å². The predicted octanol–water partition coefficient (Wildman–Crippen LogP) is 5.03. The smallest absolute Gasteiger partial charge is 0.251 e. The summed E-state index contributed by atoms with van der Waals surface area (Å²) in [5, 5.41) is 5.07. The molecule has 1 N–H and O–H groups in total. The second-order valence-electron chi connectivity index (χ2n) is 8.37. The number of nitrogens with one attached hydrogen (secondary N) is 1. The number of piperidine rings is 1. The van der Waals surface area contributed by atoms with Crippen LogP contribution in [0.25, 0.3) is 0 Å². The van der Waals surface area contributed by atoms with Crippen LogP contribution in [-0.2, 0) is 0 Å². The molecule has 4 rings (SSSR count). The van der Waals surface area contributed by atoms with Gasteiger partial charge in [0.2, 0.25) is 0 Å². The second kappa shape index (κ2) is 9.84. The largest absolute Gasteiger partial charge is 0.493 e. The highest BCUT2D eigenvalue weighted by atomic mass is 32.1. The molecule has 1 amide bonds. The molecule has 162 valence electrons. The van der Waals surface area contributed by atoms with Gasteiger partial charge in [-0.1, -0.05) is 18.9 Å². The Morgan fingerprint density at radius 3 is 2.57 bits per heavy atom. The number of likely N-dealkylation sites (tertiary alicyclic amines) is 1. The topological polar surface area (TPSA) is 50.8 Å². The highest BCUT2D eigenvalue weighted by Gasteiger charge is 2.28. The Balaban J connectivity index is 1.35. The van der Waals surface area contributed by atoms with Gasteiger partial charge < -0.3 is 19.7 Å². The first-order valence-electron chi connectivity index (χ1n) is 11.1. The molecule has 1 atom stereocenters. The van der Waals surface area contributed by atoms with Crippen LogP contribution >= 0.6 is 11.3 Å². The van der Waals surface area contributed by atoms with E-state index in [2.05, 4.69) is 10.2 Å². The Morgan fingerprint density at radius 1 is 1.13 bits per heavy atom. The van der Waals surface area contributed by atoms with E-state index in [1.54, 1.807) is 24.5 Å². The summed E-state index contributed by atoms with van der Waals surface area (Å²) in [6, 6.07) is 10.3. The lowest BCUT2D eigenvalue weighted by Gasteiger charge is -2.36. The molecular weight excluding hydrogens is 396 g/mol. The molecule has 0 radical (unpaired) electrons. The third-order valence-corrected chi connectivity index (χ3v) is 7.41. The second-order valence-corrected chi connectivity index (χ2v) is 9.35. The highest BCUT2D eigenvalue weighted by molar-refractivity contribution is 7.10. The highest BCUT2D eigenvalue weighted by Crippen LogP contribution is 2.32. The maximum absolute atomic E-state index is 12.7. The van der Waals surface area contributed by atoms with Gasteiger partial charge in [0.25, 0.3) is 5.91 Å².